The van der Waals surface area contributed by atoms with Gasteiger partial charge in [-0.15, -0.1) is 0 Å². The van der Waals surface area contributed by atoms with Crippen LogP contribution in [-0.2, 0) is 0 Å². The molecule has 0 heterocycles. The molecule has 1 aromatic carbocycles. The Labute approximate surface area is 119 Å². The number of benzene rings is 1. The van der Waals surface area contributed by atoms with E-state index in [4.69, 9.17) is 16.7 Å². The maximum Gasteiger partial charge on any atom is 0.322 e. The summed E-state index contributed by atoms with van der Waals surface area (Å²) in [6.45, 7) is 0.347. The van der Waals surface area contributed by atoms with Crippen LogP contribution in [0.4, 0.5) is 10.5 Å². The lowest BCUT2D eigenvalue weighted by Gasteiger charge is -2.21. The first-order valence-corrected chi connectivity index (χ1v) is 6.92. The van der Waals surface area contributed by atoms with Crippen LogP contribution in [-0.4, -0.2) is 35.2 Å². The van der Waals surface area contributed by atoms with E-state index in [9.17, 15) is 4.79 Å². The number of carbonyl (C=O) groups excluding carboxylic acids is 1. The Morgan fingerprint density at radius 2 is 2.28 bits per heavy atom. The first-order chi connectivity index (χ1) is 8.61. The number of amides is 2. The molecule has 0 unspecified atom stereocenters. The van der Waals surface area contributed by atoms with Gasteiger partial charge in [0.05, 0.1) is 11.6 Å². The Hall–Kier alpha value is -0.780. The summed E-state index contributed by atoms with van der Waals surface area (Å²) in [5.74, 6) is 0. The van der Waals surface area contributed by atoms with E-state index in [1.807, 2.05) is 0 Å². The second-order valence-electron chi connectivity index (χ2n) is 4.21. The Morgan fingerprint density at radius 1 is 1.56 bits per heavy atom. The summed E-state index contributed by atoms with van der Waals surface area (Å²) in [4.78, 5) is 13.7. The van der Waals surface area contributed by atoms with Gasteiger partial charge in [0.25, 0.3) is 0 Å². The molecule has 2 rings (SSSR count). The van der Waals surface area contributed by atoms with Crippen LogP contribution in [0.1, 0.15) is 12.8 Å². The number of aliphatic hydroxyl groups is 1. The Morgan fingerprint density at radius 3 is 2.83 bits per heavy atom. The highest BCUT2D eigenvalue weighted by Crippen LogP contribution is 2.28. The largest absolute Gasteiger partial charge is 0.395 e. The highest BCUT2D eigenvalue weighted by molar-refractivity contribution is 9.10. The molecule has 0 atom stereocenters. The highest BCUT2D eigenvalue weighted by atomic mass is 79.9. The molecule has 1 fully saturated rings. The van der Waals surface area contributed by atoms with Crippen LogP contribution in [0.5, 0.6) is 0 Å². The summed E-state index contributed by atoms with van der Waals surface area (Å²) in [6, 6.07) is 5.31. The van der Waals surface area contributed by atoms with E-state index in [0.717, 1.165) is 17.3 Å². The number of nitrogens with one attached hydrogen (secondary N) is 1. The van der Waals surface area contributed by atoms with E-state index in [0.29, 0.717) is 17.3 Å². The van der Waals surface area contributed by atoms with Crippen LogP contribution in [0.2, 0.25) is 5.02 Å². The summed E-state index contributed by atoms with van der Waals surface area (Å²) < 4.78 is 0.738. The van der Waals surface area contributed by atoms with Gasteiger partial charge in [0.2, 0.25) is 0 Å². The van der Waals surface area contributed by atoms with Crippen molar-refractivity contribution in [2.45, 2.75) is 18.9 Å². The van der Waals surface area contributed by atoms with Gasteiger partial charge in [-0.3, -0.25) is 0 Å². The molecule has 18 heavy (non-hydrogen) atoms. The van der Waals surface area contributed by atoms with Crippen molar-refractivity contribution in [3.05, 3.63) is 27.7 Å². The Bertz CT molecular complexity index is 452. The molecule has 1 aliphatic carbocycles. The van der Waals surface area contributed by atoms with Crippen molar-refractivity contribution in [2.24, 2.45) is 0 Å². The van der Waals surface area contributed by atoms with Crippen LogP contribution in [0.3, 0.4) is 0 Å². The van der Waals surface area contributed by atoms with Crippen molar-refractivity contribution >= 4 is 39.2 Å². The Kier molecular flexibility index (Phi) is 4.48. The van der Waals surface area contributed by atoms with Gasteiger partial charge in [-0.25, -0.2) is 4.79 Å². The lowest BCUT2D eigenvalue weighted by atomic mass is 10.3. The number of aliphatic hydroxyl groups excluding tert-OH is 1. The number of rotatable bonds is 4. The summed E-state index contributed by atoms with van der Waals surface area (Å²) in [6.07, 6.45) is 2.02. The van der Waals surface area contributed by atoms with Gasteiger partial charge < -0.3 is 15.3 Å². The molecule has 0 aromatic heterocycles. The summed E-state index contributed by atoms with van der Waals surface area (Å²) in [5.41, 5.74) is 0.680. The molecule has 0 saturated heterocycles. The van der Waals surface area contributed by atoms with Crippen molar-refractivity contribution in [3.8, 4) is 0 Å². The molecule has 2 N–H and O–H groups in total. The number of halogens is 2. The molecule has 2 amide bonds. The predicted molar refractivity (Wildman–Crippen MR) is 75.0 cm³/mol. The first-order valence-electron chi connectivity index (χ1n) is 5.75. The monoisotopic (exact) mass is 332 g/mol. The molecule has 1 aromatic rings. The average molecular weight is 334 g/mol. The van der Waals surface area contributed by atoms with Gasteiger partial charge in [-0.1, -0.05) is 11.6 Å². The summed E-state index contributed by atoms with van der Waals surface area (Å²) in [5, 5.41) is 12.4. The fraction of sp³-hybridized carbons (Fsp3) is 0.417. The second kappa shape index (κ2) is 5.91. The predicted octanol–water partition coefficient (Wildman–Crippen LogP) is 3.09. The van der Waals surface area contributed by atoms with Crippen molar-refractivity contribution in [1.82, 2.24) is 4.90 Å². The molecular formula is C12H14BrClN2O2. The molecule has 0 radical (unpaired) electrons. The van der Waals surface area contributed by atoms with Crippen molar-refractivity contribution in [1.29, 1.82) is 0 Å². The average Bonchev–Trinajstić information content (AvgIpc) is 3.15. The number of hydrogen-bond donors (Lipinski definition) is 2. The second-order valence-corrected chi connectivity index (χ2v) is 5.47. The van der Waals surface area contributed by atoms with Crippen LogP contribution in [0, 0.1) is 0 Å². The van der Waals surface area contributed by atoms with E-state index in [1.165, 1.54) is 0 Å². The van der Waals surface area contributed by atoms with Crippen LogP contribution in [0.15, 0.2) is 22.7 Å². The van der Waals surface area contributed by atoms with Gasteiger partial charge in [-0.05, 0) is 47.0 Å². The number of nitrogens with zero attached hydrogens (tertiary/aromatic N) is 1. The lowest BCUT2D eigenvalue weighted by molar-refractivity contribution is 0.185. The third kappa shape index (κ3) is 3.37. The molecule has 4 nitrogen and oxygen atoms in total. The maximum absolute atomic E-state index is 12.0. The van der Waals surface area contributed by atoms with Crippen LogP contribution in [0.25, 0.3) is 0 Å². The topological polar surface area (TPSA) is 52.6 Å². The van der Waals surface area contributed by atoms with Gasteiger partial charge in [-0.2, -0.15) is 0 Å². The highest BCUT2D eigenvalue weighted by Gasteiger charge is 2.32. The van der Waals surface area contributed by atoms with Crippen LogP contribution < -0.4 is 5.32 Å². The quantitative estimate of drug-likeness (QED) is 0.889. The normalized spacial score (nSPS) is 14.4. The zero-order valence-corrected chi connectivity index (χ0v) is 12.0. The van der Waals surface area contributed by atoms with Crippen molar-refractivity contribution in [3.63, 3.8) is 0 Å². The smallest absolute Gasteiger partial charge is 0.322 e. The van der Waals surface area contributed by atoms with E-state index in [-0.39, 0.29) is 18.7 Å². The SMILES string of the molecule is O=C(Nc1ccc(Cl)c(Br)c1)N(CCO)C1CC1. The van der Waals surface area contributed by atoms with E-state index < -0.39 is 0 Å². The molecule has 1 aliphatic rings. The van der Waals surface area contributed by atoms with Crippen molar-refractivity contribution in [2.75, 3.05) is 18.5 Å². The zero-order chi connectivity index (χ0) is 13.1. The van der Waals surface area contributed by atoms with E-state index in [2.05, 4.69) is 21.2 Å². The third-order valence-electron chi connectivity index (χ3n) is 2.76. The molecule has 6 heteroatoms. The third-order valence-corrected chi connectivity index (χ3v) is 3.97. The fourth-order valence-corrected chi connectivity index (χ4v) is 2.21. The lowest BCUT2D eigenvalue weighted by Crippen LogP contribution is -2.38. The molecule has 0 spiro atoms. The standard InChI is InChI=1S/C12H14BrClN2O2/c13-10-7-8(1-4-11(10)14)15-12(18)16(5-6-17)9-2-3-9/h1,4,7,9,17H,2-3,5-6H2,(H,15,18). The molecular weight excluding hydrogens is 320 g/mol. The van der Waals surface area contributed by atoms with E-state index in [1.54, 1.807) is 23.1 Å². The number of urea groups is 1. The summed E-state index contributed by atoms with van der Waals surface area (Å²) in [7, 11) is 0. The Balaban J connectivity index is 2.02. The maximum atomic E-state index is 12.0. The molecule has 0 aliphatic heterocycles. The van der Waals surface area contributed by atoms with Gasteiger partial charge in [0.15, 0.2) is 0 Å². The minimum absolute atomic E-state index is 0.0196. The van der Waals surface area contributed by atoms with Gasteiger partial charge >= 0.3 is 6.03 Å². The minimum atomic E-state index is -0.180. The number of carbonyl (C=O) groups is 1. The molecule has 0 bridgehead atoms. The van der Waals surface area contributed by atoms with Crippen LogP contribution >= 0.6 is 27.5 Å². The summed E-state index contributed by atoms with van der Waals surface area (Å²) >= 11 is 9.20. The zero-order valence-electron chi connectivity index (χ0n) is 9.70. The van der Waals surface area contributed by atoms with Gasteiger partial charge in [0.1, 0.15) is 0 Å². The number of hydrogen-bond acceptors (Lipinski definition) is 2. The fourth-order valence-electron chi connectivity index (χ4n) is 1.71. The van der Waals surface area contributed by atoms with Crippen molar-refractivity contribution < 1.29 is 9.90 Å². The minimum Gasteiger partial charge on any atom is -0.395 e. The van der Waals surface area contributed by atoms with Gasteiger partial charge in [0, 0.05) is 22.7 Å². The first kappa shape index (κ1) is 13.6. The molecule has 98 valence electrons. The number of anilines is 1. The molecule has 1 saturated carbocycles. The van der Waals surface area contributed by atoms with E-state index >= 15 is 0 Å².